The molecule has 114 valence electrons. The van der Waals surface area contributed by atoms with Gasteiger partial charge in [-0.3, -0.25) is 4.79 Å². The van der Waals surface area contributed by atoms with Gasteiger partial charge in [-0.25, -0.2) is 18.5 Å². The Kier molecular flexibility index (Phi) is 3.04. The number of nitrogens with two attached hydrogens (primary N) is 2. The van der Waals surface area contributed by atoms with Crippen LogP contribution in [-0.4, -0.2) is 31.4 Å². The van der Waals surface area contributed by atoms with Crippen molar-refractivity contribution in [2.24, 2.45) is 10.9 Å². The van der Waals surface area contributed by atoms with Gasteiger partial charge in [0.2, 0.25) is 15.9 Å². The molecule has 0 aliphatic heterocycles. The molecule has 3 aromatic rings. The van der Waals surface area contributed by atoms with E-state index in [-0.39, 0.29) is 16.5 Å². The zero-order chi connectivity index (χ0) is 16.1. The summed E-state index contributed by atoms with van der Waals surface area (Å²) in [4.78, 5) is 18.5. The van der Waals surface area contributed by atoms with Crippen LogP contribution >= 0.6 is 0 Å². The number of fused-ring (bicyclic) bond motifs is 3. The number of nitrogens with zero attached hydrogens (tertiary/aromatic N) is 1. The largest absolute Gasteiger partial charge is 0.481 e. The number of benzene rings is 1. The molecule has 5 N–H and O–H groups in total. The quantitative estimate of drug-likeness (QED) is 0.643. The van der Waals surface area contributed by atoms with Crippen LogP contribution < -0.4 is 15.6 Å². The summed E-state index contributed by atoms with van der Waals surface area (Å²) in [6.45, 7) is 0. The van der Waals surface area contributed by atoms with E-state index in [4.69, 9.17) is 15.6 Å². The fourth-order valence-corrected chi connectivity index (χ4v) is 2.85. The van der Waals surface area contributed by atoms with Crippen molar-refractivity contribution >= 4 is 37.7 Å². The van der Waals surface area contributed by atoms with Crippen LogP contribution in [0, 0.1) is 0 Å². The predicted molar refractivity (Wildman–Crippen MR) is 80.0 cm³/mol. The third kappa shape index (κ3) is 2.16. The standard InChI is InChI=1S/C13H12N4O4S/c1-21-10-5-8-7-4-6(22(15,19)20)2-3-9(7)16-11(8)12(17-10)13(14)18/h2-5,16H,1H3,(H2,14,18)(H2,15,19,20). The Balaban J connectivity index is 2.46. The minimum Gasteiger partial charge on any atom is -0.481 e. The van der Waals surface area contributed by atoms with Crippen molar-refractivity contribution in [2.75, 3.05) is 7.11 Å². The first-order valence-corrected chi connectivity index (χ1v) is 7.69. The lowest BCUT2D eigenvalue weighted by Gasteiger charge is -2.03. The predicted octanol–water partition coefficient (Wildman–Crippen LogP) is 0.471. The fraction of sp³-hybridized carbons (Fsp3) is 0.0769. The molecule has 0 radical (unpaired) electrons. The molecule has 8 nitrogen and oxygen atoms in total. The number of hydrogen-bond acceptors (Lipinski definition) is 5. The number of methoxy groups -OCH3 is 1. The second kappa shape index (κ2) is 4.68. The number of carbonyl (C=O) groups is 1. The van der Waals surface area contributed by atoms with Gasteiger partial charge in [0, 0.05) is 22.4 Å². The highest BCUT2D eigenvalue weighted by Gasteiger charge is 2.17. The van der Waals surface area contributed by atoms with Gasteiger partial charge in [-0.15, -0.1) is 0 Å². The van der Waals surface area contributed by atoms with Gasteiger partial charge in [0.05, 0.1) is 17.5 Å². The first kappa shape index (κ1) is 14.3. The summed E-state index contributed by atoms with van der Waals surface area (Å²) in [6, 6.07) is 5.95. The average Bonchev–Trinajstić information content (AvgIpc) is 2.82. The summed E-state index contributed by atoms with van der Waals surface area (Å²) < 4.78 is 28.0. The third-order valence-corrected chi connectivity index (χ3v) is 4.22. The molecule has 0 spiro atoms. The number of primary amides is 1. The van der Waals surface area contributed by atoms with Crippen LogP contribution in [0.1, 0.15) is 10.5 Å². The van der Waals surface area contributed by atoms with Crippen LogP contribution in [0.25, 0.3) is 21.8 Å². The van der Waals surface area contributed by atoms with Gasteiger partial charge in [-0.2, -0.15) is 0 Å². The number of hydrogen-bond donors (Lipinski definition) is 3. The summed E-state index contributed by atoms with van der Waals surface area (Å²) in [6.07, 6.45) is 0. The first-order chi connectivity index (χ1) is 10.3. The van der Waals surface area contributed by atoms with Crippen molar-refractivity contribution in [1.29, 1.82) is 0 Å². The molecule has 0 bridgehead atoms. The monoisotopic (exact) mass is 320 g/mol. The van der Waals surface area contributed by atoms with Crippen molar-refractivity contribution in [2.45, 2.75) is 4.90 Å². The molecule has 3 rings (SSSR count). The maximum atomic E-state index is 11.6. The summed E-state index contributed by atoms with van der Waals surface area (Å²) in [5.74, 6) is -0.523. The molecule has 9 heteroatoms. The average molecular weight is 320 g/mol. The number of aromatic amines is 1. The molecule has 0 saturated carbocycles. The molecular formula is C13H12N4O4S. The summed E-state index contributed by atoms with van der Waals surface area (Å²) >= 11 is 0. The number of amides is 1. The van der Waals surface area contributed by atoms with Crippen molar-refractivity contribution < 1.29 is 17.9 Å². The zero-order valence-corrected chi connectivity index (χ0v) is 12.3. The smallest absolute Gasteiger partial charge is 0.269 e. The van der Waals surface area contributed by atoms with Crippen molar-refractivity contribution in [3.8, 4) is 5.88 Å². The molecule has 2 heterocycles. The number of rotatable bonds is 3. The van der Waals surface area contributed by atoms with E-state index in [1.807, 2.05) is 0 Å². The maximum Gasteiger partial charge on any atom is 0.269 e. The minimum atomic E-state index is -3.84. The molecule has 0 saturated heterocycles. The minimum absolute atomic E-state index is 0.0164. The Hall–Kier alpha value is -2.65. The van der Waals surface area contributed by atoms with Gasteiger partial charge in [-0.1, -0.05) is 0 Å². The highest BCUT2D eigenvalue weighted by atomic mass is 32.2. The molecule has 0 aliphatic rings. The summed E-state index contributed by atoms with van der Waals surface area (Å²) in [7, 11) is -2.43. The topological polar surface area (TPSA) is 141 Å². The number of carbonyl (C=O) groups excluding carboxylic acids is 1. The first-order valence-electron chi connectivity index (χ1n) is 6.14. The molecule has 0 unspecified atom stereocenters. The maximum absolute atomic E-state index is 11.6. The van der Waals surface area contributed by atoms with E-state index in [1.165, 1.54) is 19.2 Å². The highest BCUT2D eigenvalue weighted by Crippen LogP contribution is 2.31. The van der Waals surface area contributed by atoms with E-state index in [0.29, 0.717) is 21.8 Å². The van der Waals surface area contributed by atoms with E-state index >= 15 is 0 Å². The third-order valence-electron chi connectivity index (χ3n) is 3.31. The number of H-pyrrole nitrogens is 1. The fourth-order valence-electron chi connectivity index (χ4n) is 2.31. The van der Waals surface area contributed by atoms with E-state index < -0.39 is 15.9 Å². The van der Waals surface area contributed by atoms with Crippen LogP contribution in [0.5, 0.6) is 5.88 Å². The van der Waals surface area contributed by atoms with Gasteiger partial charge in [-0.05, 0) is 18.2 Å². The van der Waals surface area contributed by atoms with E-state index in [1.54, 1.807) is 12.1 Å². The Morgan fingerprint density at radius 3 is 2.59 bits per heavy atom. The van der Waals surface area contributed by atoms with Crippen LogP contribution in [0.2, 0.25) is 0 Å². The summed E-state index contributed by atoms with van der Waals surface area (Å²) in [5.41, 5.74) is 6.38. The van der Waals surface area contributed by atoms with Crippen LogP contribution in [0.4, 0.5) is 0 Å². The molecule has 22 heavy (non-hydrogen) atoms. The van der Waals surface area contributed by atoms with Gasteiger partial charge < -0.3 is 15.5 Å². The number of primary sulfonamides is 1. The normalized spacial score (nSPS) is 11.9. The van der Waals surface area contributed by atoms with E-state index in [9.17, 15) is 13.2 Å². The van der Waals surface area contributed by atoms with Crippen molar-refractivity contribution in [3.05, 3.63) is 30.0 Å². The Labute approximate surface area is 125 Å². The molecule has 0 atom stereocenters. The number of pyridine rings is 1. The van der Waals surface area contributed by atoms with Gasteiger partial charge in [0.1, 0.15) is 0 Å². The zero-order valence-electron chi connectivity index (χ0n) is 11.5. The van der Waals surface area contributed by atoms with E-state index in [2.05, 4.69) is 9.97 Å². The van der Waals surface area contributed by atoms with Crippen molar-refractivity contribution in [3.63, 3.8) is 0 Å². The Bertz CT molecular complexity index is 1020. The second-order valence-corrected chi connectivity index (χ2v) is 6.24. The van der Waals surface area contributed by atoms with E-state index in [0.717, 1.165) is 0 Å². The number of aromatic nitrogens is 2. The van der Waals surface area contributed by atoms with Gasteiger partial charge in [0.15, 0.2) is 5.69 Å². The second-order valence-electron chi connectivity index (χ2n) is 4.68. The lowest BCUT2D eigenvalue weighted by atomic mass is 10.1. The number of nitrogens with one attached hydrogen (secondary N) is 1. The lowest BCUT2D eigenvalue weighted by molar-refractivity contribution is 0.0996. The molecule has 0 fully saturated rings. The summed E-state index contributed by atoms with van der Waals surface area (Å²) in [5, 5.41) is 6.29. The molecule has 2 aromatic heterocycles. The van der Waals surface area contributed by atoms with Crippen LogP contribution in [0.15, 0.2) is 29.2 Å². The molecular weight excluding hydrogens is 308 g/mol. The lowest BCUT2D eigenvalue weighted by Crippen LogP contribution is -2.14. The Morgan fingerprint density at radius 1 is 1.27 bits per heavy atom. The van der Waals surface area contributed by atoms with Crippen LogP contribution in [0.3, 0.4) is 0 Å². The molecule has 1 amide bonds. The molecule has 0 aliphatic carbocycles. The number of ether oxygens (including phenoxy) is 1. The Morgan fingerprint density at radius 2 is 2.00 bits per heavy atom. The van der Waals surface area contributed by atoms with Crippen LogP contribution in [-0.2, 0) is 10.0 Å². The highest BCUT2D eigenvalue weighted by molar-refractivity contribution is 7.89. The SMILES string of the molecule is COc1cc2c([nH]c3ccc(S(N)(=O)=O)cc32)c(C(N)=O)n1. The van der Waals surface area contributed by atoms with Gasteiger partial charge >= 0.3 is 0 Å². The van der Waals surface area contributed by atoms with Gasteiger partial charge in [0.25, 0.3) is 5.91 Å². The van der Waals surface area contributed by atoms with Crippen molar-refractivity contribution in [1.82, 2.24) is 9.97 Å². The number of sulfonamides is 1. The molecule has 1 aromatic carbocycles.